The molecule has 3 rings (SSSR count). The number of aromatic nitrogens is 1. The van der Waals surface area contributed by atoms with E-state index in [1.165, 1.54) is 0 Å². The van der Waals surface area contributed by atoms with E-state index in [0.29, 0.717) is 37.0 Å². The minimum absolute atomic E-state index is 0. The topological polar surface area (TPSA) is 91.5 Å². The van der Waals surface area contributed by atoms with E-state index in [0.717, 1.165) is 16.8 Å². The van der Waals surface area contributed by atoms with Crippen molar-refractivity contribution in [3.05, 3.63) is 77.7 Å². The van der Waals surface area contributed by atoms with E-state index in [1.807, 2.05) is 55.5 Å². The maximum atomic E-state index is 12.1. The Bertz CT molecular complexity index is 972. The van der Waals surface area contributed by atoms with Crippen LogP contribution in [0.1, 0.15) is 21.6 Å². The average Bonchev–Trinajstić information content (AvgIpc) is 3.23. The van der Waals surface area contributed by atoms with Gasteiger partial charge < -0.3 is 20.4 Å². The highest BCUT2D eigenvalue weighted by Crippen LogP contribution is 2.17. The van der Waals surface area contributed by atoms with Crippen molar-refractivity contribution in [1.29, 1.82) is 0 Å². The molecule has 0 atom stereocenters. The summed E-state index contributed by atoms with van der Waals surface area (Å²) in [5.41, 5.74) is 3.43. The lowest BCUT2D eigenvalue weighted by Gasteiger charge is -2.11. The minimum Gasteiger partial charge on any atom is -0.444 e. The molecular formula is C22H26IN5O2. The summed E-state index contributed by atoms with van der Waals surface area (Å²) < 4.78 is 5.53. The largest absolute Gasteiger partial charge is 0.444 e. The Kier molecular flexibility index (Phi) is 9.33. The molecule has 3 aromatic rings. The molecule has 2 aromatic carbocycles. The number of oxazole rings is 1. The zero-order chi connectivity index (χ0) is 20.5. The van der Waals surface area contributed by atoms with Crippen LogP contribution in [-0.2, 0) is 6.54 Å². The van der Waals surface area contributed by atoms with Crippen LogP contribution >= 0.6 is 24.0 Å². The Balaban J connectivity index is 0.00000320. The van der Waals surface area contributed by atoms with Crippen molar-refractivity contribution in [2.24, 2.45) is 4.99 Å². The highest BCUT2D eigenvalue weighted by atomic mass is 127. The summed E-state index contributed by atoms with van der Waals surface area (Å²) in [5.74, 6) is 1.12. The number of halogens is 1. The van der Waals surface area contributed by atoms with E-state index in [4.69, 9.17) is 4.42 Å². The summed E-state index contributed by atoms with van der Waals surface area (Å²) in [7, 11) is 1.69. The van der Waals surface area contributed by atoms with E-state index in [9.17, 15) is 4.79 Å². The number of aliphatic imine (C=N–C) groups is 1. The standard InChI is InChI=1S/C22H25N5O2.HI/c1-16-7-6-10-18(13-16)20(28)24-11-12-25-22(23-2)26-14-19-15-29-21(27-19)17-8-4-3-5-9-17;/h3-10,13,15H,11-12,14H2,1-2H3,(H,24,28)(H2,23,25,26);1H. The van der Waals surface area contributed by atoms with Crippen LogP contribution in [0.2, 0.25) is 0 Å². The SMILES string of the molecule is CN=C(NCCNC(=O)c1cccc(C)c1)NCc1coc(-c2ccccc2)n1.I. The Hall–Kier alpha value is -2.88. The molecule has 1 amide bonds. The third kappa shape index (κ3) is 6.87. The highest BCUT2D eigenvalue weighted by molar-refractivity contribution is 14.0. The molecule has 0 unspecified atom stereocenters. The smallest absolute Gasteiger partial charge is 0.251 e. The van der Waals surface area contributed by atoms with Gasteiger partial charge in [-0.15, -0.1) is 24.0 Å². The van der Waals surface area contributed by atoms with Crippen molar-refractivity contribution in [3.8, 4) is 11.5 Å². The van der Waals surface area contributed by atoms with Gasteiger partial charge in [-0.05, 0) is 31.2 Å². The first-order valence-corrected chi connectivity index (χ1v) is 9.45. The van der Waals surface area contributed by atoms with Crippen molar-refractivity contribution in [3.63, 3.8) is 0 Å². The number of guanidine groups is 1. The molecule has 0 spiro atoms. The number of hydrogen-bond donors (Lipinski definition) is 3. The average molecular weight is 519 g/mol. The van der Waals surface area contributed by atoms with Gasteiger partial charge in [0.2, 0.25) is 5.89 Å². The van der Waals surface area contributed by atoms with Crippen molar-refractivity contribution < 1.29 is 9.21 Å². The van der Waals surface area contributed by atoms with Gasteiger partial charge in [-0.2, -0.15) is 0 Å². The molecule has 30 heavy (non-hydrogen) atoms. The molecule has 0 radical (unpaired) electrons. The summed E-state index contributed by atoms with van der Waals surface area (Å²) in [6, 6.07) is 17.3. The van der Waals surface area contributed by atoms with Gasteiger partial charge in [-0.25, -0.2) is 4.98 Å². The Morgan fingerprint density at radius 1 is 1.03 bits per heavy atom. The van der Waals surface area contributed by atoms with Crippen molar-refractivity contribution in [1.82, 2.24) is 20.9 Å². The molecule has 0 fully saturated rings. The monoisotopic (exact) mass is 519 g/mol. The number of rotatable bonds is 7. The molecule has 0 aliphatic carbocycles. The van der Waals surface area contributed by atoms with Gasteiger partial charge in [0.25, 0.3) is 5.91 Å². The molecular weight excluding hydrogens is 493 g/mol. The van der Waals surface area contributed by atoms with Gasteiger partial charge in [-0.3, -0.25) is 9.79 Å². The number of aryl methyl sites for hydroxylation is 1. The van der Waals surface area contributed by atoms with E-state index < -0.39 is 0 Å². The summed E-state index contributed by atoms with van der Waals surface area (Å²) in [5, 5.41) is 9.23. The van der Waals surface area contributed by atoms with Crippen LogP contribution in [0, 0.1) is 6.92 Å². The fraction of sp³-hybridized carbons (Fsp3) is 0.227. The number of carbonyl (C=O) groups excluding carboxylic acids is 1. The van der Waals surface area contributed by atoms with Crippen molar-refractivity contribution in [2.45, 2.75) is 13.5 Å². The molecule has 8 heteroatoms. The first-order chi connectivity index (χ1) is 14.2. The lowest BCUT2D eigenvalue weighted by atomic mass is 10.1. The predicted octanol–water partition coefficient (Wildman–Crippen LogP) is 3.36. The summed E-state index contributed by atoms with van der Waals surface area (Å²) >= 11 is 0. The van der Waals surface area contributed by atoms with E-state index in [2.05, 4.69) is 25.9 Å². The molecule has 0 bridgehead atoms. The number of nitrogens with zero attached hydrogens (tertiary/aromatic N) is 2. The molecule has 0 saturated heterocycles. The minimum atomic E-state index is -0.0884. The van der Waals surface area contributed by atoms with E-state index in [1.54, 1.807) is 19.4 Å². The van der Waals surface area contributed by atoms with Crippen molar-refractivity contribution >= 4 is 35.8 Å². The molecule has 0 aliphatic rings. The van der Waals surface area contributed by atoms with Crippen LogP contribution in [0.3, 0.4) is 0 Å². The van der Waals surface area contributed by atoms with Crippen molar-refractivity contribution in [2.75, 3.05) is 20.1 Å². The lowest BCUT2D eigenvalue weighted by molar-refractivity contribution is 0.0954. The normalized spacial score (nSPS) is 10.8. The fourth-order valence-corrected chi connectivity index (χ4v) is 2.74. The quantitative estimate of drug-likeness (QED) is 0.193. The zero-order valence-corrected chi connectivity index (χ0v) is 19.3. The maximum Gasteiger partial charge on any atom is 0.251 e. The summed E-state index contributed by atoms with van der Waals surface area (Å²) in [4.78, 5) is 20.8. The summed E-state index contributed by atoms with van der Waals surface area (Å²) in [6.07, 6.45) is 1.63. The maximum absolute atomic E-state index is 12.1. The van der Waals surface area contributed by atoms with Gasteiger partial charge in [0.1, 0.15) is 6.26 Å². The van der Waals surface area contributed by atoms with Crippen LogP contribution < -0.4 is 16.0 Å². The Morgan fingerprint density at radius 2 is 1.80 bits per heavy atom. The van der Waals surface area contributed by atoms with Crippen LogP contribution in [-0.4, -0.2) is 37.0 Å². The molecule has 1 heterocycles. The third-order valence-corrected chi connectivity index (χ3v) is 4.22. The molecule has 158 valence electrons. The van der Waals surface area contributed by atoms with Gasteiger partial charge in [-0.1, -0.05) is 35.9 Å². The second-order valence-corrected chi connectivity index (χ2v) is 6.49. The second kappa shape index (κ2) is 12.0. The fourth-order valence-electron chi connectivity index (χ4n) is 2.74. The number of carbonyl (C=O) groups is 1. The van der Waals surface area contributed by atoms with Gasteiger partial charge >= 0.3 is 0 Å². The Morgan fingerprint density at radius 3 is 2.53 bits per heavy atom. The van der Waals surface area contributed by atoms with Crippen LogP contribution in [0.25, 0.3) is 11.5 Å². The zero-order valence-electron chi connectivity index (χ0n) is 17.0. The van der Waals surface area contributed by atoms with Crippen LogP contribution in [0.15, 0.2) is 70.3 Å². The predicted molar refractivity (Wildman–Crippen MR) is 129 cm³/mol. The highest BCUT2D eigenvalue weighted by Gasteiger charge is 2.07. The van der Waals surface area contributed by atoms with Gasteiger partial charge in [0.15, 0.2) is 5.96 Å². The third-order valence-electron chi connectivity index (χ3n) is 4.22. The first-order valence-electron chi connectivity index (χ1n) is 9.45. The molecule has 0 saturated carbocycles. The number of hydrogen-bond acceptors (Lipinski definition) is 4. The number of amides is 1. The molecule has 1 aromatic heterocycles. The van der Waals surface area contributed by atoms with Crippen LogP contribution in [0.4, 0.5) is 0 Å². The van der Waals surface area contributed by atoms with Crippen LogP contribution in [0.5, 0.6) is 0 Å². The Labute approximate surface area is 193 Å². The lowest BCUT2D eigenvalue weighted by Crippen LogP contribution is -2.41. The number of nitrogens with one attached hydrogen (secondary N) is 3. The molecule has 0 aliphatic heterocycles. The summed E-state index contributed by atoms with van der Waals surface area (Å²) in [6.45, 7) is 3.47. The van der Waals surface area contributed by atoms with E-state index >= 15 is 0 Å². The first kappa shape index (κ1) is 23.4. The van der Waals surface area contributed by atoms with Gasteiger partial charge in [0.05, 0.1) is 12.2 Å². The van der Waals surface area contributed by atoms with E-state index in [-0.39, 0.29) is 29.9 Å². The molecule has 3 N–H and O–H groups in total. The second-order valence-electron chi connectivity index (χ2n) is 6.49. The molecule has 7 nitrogen and oxygen atoms in total. The van der Waals surface area contributed by atoms with Gasteiger partial charge in [0, 0.05) is 31.3 Å². The number of benzene rings is 2.